The van der Waals surface area contributed by atoms with Crippen molar-refractivity contribution in [2.24, 2.45) is 4.99 Å². The number of rotatable bonds is 23. The highest BCUT2D eigenvalue weighted by Gasteiger charge is 2.27. The molecule has 0 spiro atoms. The number of aromatic nitrogens is 4. The van der Waals surface area contributed by atoms with Gasteiger partial charge in [-0.15, -0.1) is 21.5 Å². The number of carboxylic acid groups (broad SMARTS) is 1. The first kappa shape index (κ1) is 53.9. The maximum Gasteiger partial charge on any atom is 0.410 e. The zero-order valence-corrected chi connectivity index (χ0v) is 44.1. The second-order valence-corrected chi connectivity index (χ2v) is 27.8. The normalized spacial score (nSPS) is 12.2. The molecule has 2 aromatic carbocycles. The van der Waals surface area contributed by atoms with E-state index in [4.69, 9.17) is 28.3 Å². The number of carboxylic acids is 1. The first-order chi connectivity index (χ1) is 32.2. The number of nitrogens with zero attached hydrogens (tertiary/aromatic N) is 7. The molecule has 3 aromatic heterocycles. The average molecular weight is 1010 g/mol. The zero-order chi connectivity index (χ0) is 49.6. The number of hydrogen-bond acceptors (Lipinski definition) is 15. The Bertz CT molecular complexity index is 2700. The minimum Gasteiger partial charge on any atom is -0.491 e. The third kappa shape index (κ3) is 16.0. The van der Waals surface area contributed by atoms with Gasteiger partial charge in [-0.1, -0.05) is 55.0 Å². The summed E-state index contributed by atoms with van der Waals surface area (Å²) in [5.74, 6) is 4.69. The van der Waals surface area contributed by atoms with E-state index in [1.54, 1.807) is 52.6 Å². The Hall–Kier alpha value is -5.00. The van der Waals surface area contributed by atoms with Gasteiger partial charge in [0, 0.05) is 38.7 Å². The van der Waals surface area contributed by atoms with Crippen LogP contribution in [0.25, 0.3) is 10.2 Å². The number of thiazole rings is 2. The SMILES string of the molecule is CCOP(=O)(CCCN(c1cc(C)c(/N=c2\sc3ccccc3n2COCC[Si](C)(C)C)nn1)c1nc(C(=O)O)c(CCCOc2ccc(C#CCN(C)C(=O)OC(C)(C)C)cc2F)s1)OCC. The Labute approximate surface area is 407 Å². The maximum absolute atomic E-state index is 15.1. The van der Waals surface area contributed by atoms with Crippen molar-refractivity contribution in [3.8, 4) is 17.6 Å². The summed E-state index contributed by atoms with van der Waals surface area (Å²) in [6.07, 6.45) is 0.539. The highest BCUT2D eigenvalue weighted by atomic mass is 32.1. The number of carbonyl (C=O) groups excluding carboxylic acids is 1. The minimum absolute atomic E-state index is 0.0181. The topological polar surface area (TPSA) is 180 Å². The van der Waals surface area contributed by atoms with Crippen LogP contribution in [0, 0.1) is 24.6 Å². The van der Waals surface area contributed by atoms with Crippen LogP contribution in [-0.4, -0.2) is 108 Å². The molecule has 1 amide bonds. The van der Waals surface area contributed by atoms with Gasteiger partial charge in [0.1, 0.15) is 12.3 Å². The molecule has 3 heterocycles. The molecule has 368 valence electrons. The van der Waals surface area contributed by atoms with E-state index in [1.165, 1.54) is 39.7 Å². The minimum atomic E-state index is -3.40. The lowest BCUT2D eigenvalue weighted by Gasteiger charge is -2.23. The molecule has 16 nitrogen and oxygen atoms in total. The number of aromatic carboxylic acids is 1. The highest BCUT2D eigenvalue weighted by Crippen LogP contribution is 2.48. The number of anilines is 2. The van der Waals surface area contributed by atoms with Crippen LogP contribution in [-0.2, 0) is 36.2 Å². The van der Waals surface area contributed by atoms with Crippen LogP contribution in [0.15, 0.2) is 53.5 Å². The van der Waals surface area contributed by atoms with E-state index in [2.05, 4.69) is 46.7 Å². The quantitative estimate of drug-likeness (QED) is 0.0283. The van der Waals surface area contributed by atoms with Crippen LogP contribution in [0.2, 0.25) is 25.7 Å². The van der Waals surface area contributed by atoms with Crippen LogP contribution < -0.4 is 14.4 Å². The molecule has 0 aliphatic rings. The van der Waals surface area contributed by atoms with Gasteiger partial charge in [0.25, 0.3) is 0 Å². The maximum atomic E-state index is 15.1. The molecule has 0 aliphatic heterocycles. The number of benzene rings is 2. The Balaban J connectivity index is 1.35. The molecule has 0 aliphatic carbocycles. The highest BCUT2D eigenvalue weighted by molar-refractivity contribution is 7.53. The van der Waals surface area contributed by atoms with Crippen molar-refractivity contribution in [2.45, 2.75) is 98.8 Å². The van der Waals surface area contributed by atoms with Gasteiger partial charge in [-0.2, -0.15) is 4.99 Å². The molecule has 5 rings (SSSR count). The van der Waals surface area contributed by atoms with Gasteiger partial charge in [0.15, 0.2) is 38.8 Å². The number of amides is 1. The molecule has 0 saturated heterocycles. The van der Waals surface area contributed by atoms with E-state index < -0.39 is 39.2 Å². The van der Waals surface area contributed by atoms with Crippen molar-refractivity contribution < 1.29 is 46.9 Å². The van der Waals surface area contributed by atoms with Crippen LogP contribution in [0.5, 0.6) is 5.75 Å². The Morgan fingerprint density at radius 2 is 1.75 bits per heavy atom. The van der Waals surface area contributed by atoms with Crippen molar-refractivity contribution in [3.63, 3.8) is 0 Å². The summed E-state index contributed by atoms with van der Waals surface area (Å²) in [7, 11) is -3.12. The third-order valence-corrected chi connectivity index (χ3v) is 15.9. The van der Waals surface area contributed by atoms with E-state index in [-0.39, 0.29) is 56.9 Å². The molecule has 1 N–H and O–H groups in total. The number of fused-ring (bicyclic) bond motifs is 1. The monoisotopic (exact) mass is 1010 g/mol. The van der Waals surface area contributed by atoms with Gasteiger partial charge in [-0.25, -0.2) is 19.0 Å². The van der Waals surface area contributed by atoms with Gasteiger partial charge in [-0.05, 0) is 109 Å². The average Bonchev–Trinajstić information content (AvgIpc) is 3.84. The summed E-state index contributed by atoms with van der Waals surface area (Å²) in [5.41, 5.74) is 1.35. The standard InChI is InChI=1S/C47H63FN7O9PS2Si/c1-11-62-65(59,63-12-2)28-17-25-54(40-30-33(3)42(52-51-40)50-45-55(32-60-27-29-68(8,9)10)36-19-13-14-20-38(36)66-45)44-49-41(43(56)57)39(67-44)21-16-26-61-37-23-22-34(31-35(37)48)18-15-24-53(7)46(58)64-47(4,5)6/h13-14,19-20,22-23,30-31H,11-12,16-17,21,24-29,32H2,1-10H3,(H,56,57)/b50-45-. The molecule has 0 fully saturated rings. The Kier molecular flexibility index (Phi) is 19.4. The van der Waals surface area contributed by atoms with Gasteiger partial charge < -0.3 is 38.2 Å². The van der Waals surface area contributed by atoms with Crippen LogP contribution in [0.3, 0.4) is 0 Å². The Morgan fingerprint density at radius 1 is 1.01 bits per heavy atom. The van der Waals surface area contributed by atoms with Gasteiger partial charge in [0.2, 0.25) is 0 Å². The summed E-state index contributed by atoms with van der Waals surface area (Å²) in [4.78, 5) is 38.6. The number of ether oxygens (including phenoxy) is 3. The smallest absolute Gasteiger partial charge is 0.410 e. The van der Waals surface area contributed by atoms with Gasteiger partial charge in [-0.3, -0.25) is 9.13 Å². The van der Waals surface area contributed by atoms with Crippen molar-refractivity contribution in [1.82, 2.24) is 24.6 Å². The number of carbonyl (C=O) groups is 2. The molecular weight excluding hydrogens is 949 g/mol. The molecule has 0 atom stereocenters. The predicted octanol–water partition coefficient (Wildman–Crippen LogP) is 10.7. The predicted molar refractivity (Wildman–Crippen MR) is 268 cm³/mol. The molecule has 0 saturated carbocycles. The van der Waals surface area contributed by atoms with E-state index in [9.17, 15) is 19.3 Å². The summed E-state index contributed by atoms with van der Waals surface area (Å²) in [6, 6.07) is 15.3. The van der Waals surface area contributed by atoms with Crippen LogP contribution in [0.1, 0.15) is 74.0 Å². The largest absolute Gasteiger partial charge is 0.491 e. The Morgan fingerprint density at radius 3 is 2.41 bits per heavy atom. The fourth-order valence-corrected chi connectivity index (χ4v) is 11.0. The number of hydrogen-bond donors (Lipinski definition) is 1. The van der Waals surface area contributed by atoms with Gasteiger partial charge in [0.05, 0.1) is 42.7 Å². The molecule has 21 heteroatoms. The second-order valence-electron chi connectivity index (χ2n) is 17.9. The summed E-state index contributed by atoms with van der Waals surface area (Å²) >= 11 is 2.71. The molecule has 0 radical (unpaired) electrons. The molecule has 0 bridgehead atoms. The van der Waals surface area contributed by atoms with E-state index in [1.807, 2.05) is 41.8 Å². The summed E-state index contributed by atoms with van der Waals surface area (Å²) in [6.45, 7) is 19.5. The van der Waals surface area contributed by atoms with Crippen LogP contribution >= 0.6 is 30.3 Å². The lowest BCUT2D eigenvalue weighted by molar-refractivity contribution is 0.0320. The third-order valence-electron chi connectivity index (χ3n) is 9.81. The molecular formula is C47H63FN7O9PS2Si. The molecule has 68 heavy (non-hydrogen) atoms. The van der Waals surface area contributed by atoms with Gasteiger partial charge >= 0.3 is 19.7 Å². The number of halogens is 1. The summed E-state index contributed by atoms with van der Waals surface area (Å²) < 4.78 is 60.0. The summed E-state index contributed by atoms with van der Waals surface area (Å²) in [5, 5.41) is 19.8. The fourth-order valence-electron chi connectivity index (χ4n) is 6.42. The number of aryl methyl sites for hydroxylation is 2. The molecule has 0 unspecified atom stereocenters. The van der Waals surface area contributed by atoms with E-state index in [0.717, 1.165) is 16.3 Å². The van der Waals surface area contributed by atoms with Crippen molar-refractivity contribution >= 4 is 77.4 Å². The van der Waals surface area contributed by atoms with E-state index in [0.29, 0.717) is 63.8 Å². The van der Waals surface area contributed by atoms with Crippen molar-refractivity contribution in [2.75, 3.05) is 57.6 Å². The fraction of sp³-hybridized carbons (Fsp3) is 0.489. The zero-order valence-electron chi connectivity index (χ0n) is 40.6. The van der Waals surface area contributed by atoms with E-state index >= 15 is 4.39 Å². The van der Waals surface area contributed by atoms with Crippen molar-refractivity contribution in [1.29, 1.82) is 0 Å². The molecule has 5 aromatic rings. The second kappa shape index (κ2) is 24.5. The lowest BCUT2D eigenvalue weighted by Crippen LogP contribution is -2.34. The lowest BCUT2D eigenvalue weighted by atomic mass is 10.2. The first-order valence-corrected chi connectivity index (χ1v) is 29.5. The number of para-hydroxylation sites is 1. The first-order valence-electron chi connectivity index (χ1n) is 22.5. The van der Waals surface area contributed by atoms with Crippen molar-refractivity contribution in [3.05, 3.63) is 80.8 Å². The van der Waals surface area contributed by atoms with Crippen LogP contribution in [0.4, 0.5) is 26.0 Å².